The van der Waals surface area contributed by atoms with Crippen molar-refractivity contribution in [3.8, 4) is 17.2 Å². The third-order valence-corrected chi connectivity index (χ3v) is 7.48. The van der Waals surface area contributed by atoms with E-state index in [-0.39, 0.29) is 29.7 Å². The molecule has 5 heterocycles. The number of halogens is 2. The molecule has 0 aliphatic carbocycles. The zero-order valence-corrected chi connectivity index (χ0v) is 22.8. The standard InChI is InChI=1S/C27H30F2N8O5/c1-33-24-21-12-19(22-3-2-10-41-22)32-37(21)26(30)31-25(24)36(27(33)40)9-6-34-4-7-35(8-5-34)20-13-23(18(29)11-17(20)28)42-15-16(39)14-38/h2-3,10-13,16,38-39H,4-9,14-15H2,1H3,(H2,30,31)/t16-/m0/s1. The van der Waals surface area contributed by atoms with Crippen LogP contribution in [0.15, 0.2) is 45.8 Å². The van der Waals surface area contributed by atoms with E-state index in [4.69, 9.17) is 20.0 Å². The minimum Gasteiger partial charge on any atom is -0.488 e. The van der Waals surface area contributed by atoms with Crippen LogP contribution in [0.3, 0.4) is 0 Å². The van der Waals surface area contributed by atoms with Crippen LogP contribution in [0.2, 0.25) is 0 Å². The summed E-state index contributed by atoms with van der Waals surface area (Å²) >= 11 is 0. The number of fused-ring (bicyclic) bond motifs is 3. The molecule has 222 valence electrons. The van der Waals surface area contributed by atoms with Crippen molar-refractivity contribution in [3.05, 3.63) is 58.7 Å². The van der Waals surface area contributed by atoms with Gasteiger partial charge in [0.2, 0.25) is 5.95 Å². The summed E-state index contributed by atoms with van der Waals surface area (Å²) in [4.78, 5) is 21.7. The lowest BCUT2D eigenvalue weighted by Crippen LogP contribution is -2.47. The van der Waals surface area contributed by atoms with E-state index in [1.807, 2.05) is 6.07 Å². The van der Waals surface area contributed by atoms with Crippen LogP contribution in [0, 0.1) is 11.6 Å². The highest BCUT2D eigenvalue weighted by molar-refractivity contribution is 5.91. The van der Waals surface area contributed by atoms with Gasteiger partial charge in [0.25, 0.3) is 0 Å². The lowest BCUT2D eigenvalue weighted by Gasteiger charge is -2.36. The smallest absolute Gasteiger partial charge is 0.330 e. The Morgan fingerprint density at radius 1 is 1.14 bits per heavy atom. The topological polar surface area (TPSA) is 152 Å². The number of benzene rings is 1. The summed E-state index contributed by atoms with van der Waals surface area (Å²) in [6.45, 7) is 2.11. The van der Waals surface area contributed by atoms with Gasteiger partial charge in [-0.25, -0.2) is 13.6 Å². The van der Waals surface area contributed by atoms with Crippen molar-refractivity contribution in [1.29, 1.82) is 0 Å². The van der Waals surface area contributed by atoms with Gasteiger partial charge in [0, 0.05) is 58.4 Å². The van der Waals surface area contributed by atoms with Crippen molar-refractivity contribution in [2.24, 2.45) is 7.05 Å². The summed E-state index contributed by atoms with van der Waals surface area (Å²) in [5, 5.41) is 22.9. The molecule has 1 aromatic carbocycles. The van der Waals surface area contributed by atoms with E-state index in [1.165, 1.54) is 15.1 Å². The fourth-order valence-corrected chi connectivity index (χ4v) is 5.24. The number of aromatic nitrogens is 5. The number of piperazine rings is 1. The van der Waals surface area contributed by atoms with Crippen LogP contribution in [0.25, 0.3) is 28.1 Å². The highest BCUT2D eigenvalue weighted by atomic mass is 19.1. The van der Waals surface area contributed by atoms with E-state index in [0.29, 0.717) is 67.4 Å². The summed E-state index contributed by atoms with van der Waals surface area (Å²) in [6.07, 6.45) is 0.380. The Kier molecular flexibility index (Phi) is 7.30. The second-order valence-corrected chi connectivity index (χ2v) is 10.1. The van der Waals surface area contributed by atoms with Crippen LogP contribution < -0.4 is 21.1 Å². The molecule has 0 radical (unpaired) electrons. The van der Waals surface area contributed by atoms with Gasteiger partial charge in [-0.05, 0) is 18.2 Å². The molecule has 42 heavy (non-hydrogen) atoms. The molecule has 4 N–H and O–H groups in total. The number of furan rings is 1. The number of nitrogens with two attached hydrogens (primary N) is 1. The molecule has 15 heteroatoms. The predicted octanol–water partition coefficient (Wildman–Crippen LogP) is 1.06. The number of nitrogen functional groups attached to an aromatic ring is 1. The number of hydrogen-bond donors (Lipinski definition) is 3. The maximum atomic E-state index is 14.7. The van der Waals surface area contributed by atoms with Crippen LogP contribution in [-0.2, 0) is 13.6 Å². The number of anilines is 2. The Hall–Kier alpha value is -4.47. The summed E-state index contributed by atoms with van der Waals surface area (Å²) in [7, 11) is 1.68. The molecule has 1 aliphatic rings. The molecular formula is C27H30F2N8O5. The molecule has 1 aliphatic heterocycles. The van der Waals surface area contributed by atoms with E-state index < -0.39 is 24.3 Å². The third kappa shape index (κ3) is 4.95. The first-order valence-corrected chi connectivity index (χ1v) is 13.4. The summed E-state index contributed by atoms with van der Waals surface area (Å²) < 4.78 is 44.2. The number of rotatable bonds is 9. The van der Waals surface area contributed by atoms with Gasteiger partial charge in [-0.2, -0.15) is 14.6 Å². The quantitative estimate of drug-likeness (QED) is 0.229. The molecule has 0 bridgehead atoms. The molecule has 0 unspecified atom stereocenters. The molecule has 6 rings (SSSR count). The zero-order valence-electron chi connectivity index (χ0n) is 22.8. The van der Waals surface area contributed by atoms with Gasteiger partial charge in [0.15, 0.2) is 23.0 Å². The van der Waals surface area contributed by atoms with E-state index in [2.05, 4.69) is 15.0 Å². The van der Waals surface area contributed by atoms with Gasteiger partial charge < -0.3 is 30.0 Å². The monoisotopic (exact) mass is 584 g/mol. The predicted molar refractivity (Wildman–Crippen MR) is 149 cm³/mol. The highest BCUT2D eigenvalue weighted by Crippen LogP contribution is 2.30. The Morgan fingerprint density at radius 3 is 2.64 bits per heavy atom. The molecule has 1 atom stereocenters. The molecule has 5 aromatic rings. The third-order valence-electron chi connectivity index (χ3n) is 7.48. The minimum atomic E-state index is -1.17. The lowest BCUT2D eigenvalue weighted by molar-refractivity contribution is 0.0523. The molecule has 13 nitrogen and oxygen atoms in total. The molecule has 0 spiro atoms. The Labute approximate surface area is 237 Å². The number of nitrogens with zero attached hydrogens (tertiary/aromatic N) is 7. The molecule has 1 fully saturated rings. The van der Waals surface area contributed by atoms with Gasteiger partial charge in [-0.15, -0.1) is 0 Å². The van der Waals surface area contributed by atoms with Gasteiger partial charge in [0.1, 0.15) is 29.7 Å². The zero-order chi connectivity index (χ0) is 29.5. The first-order valence-electron chi connectivity index (χ1n) is 13.4. The van der Waals surface area contributed by atoms with Gasteiger partial charge in [-0.1, -0.05) is 0 Å². The fraction of sp³-hybridized carbons (Fsp3) is 0.370. The van der Waals surface area contributed by atoms with E-state index in [0.717, 1.165) is 6.07 Å². The van der Waals surface area contributed by atoms with Crippen LogP contribution in [-0.4, -0.2) is 90.9 Å². The Bertz CT molecular complexity index is 1790. The molecule has 0 amide bonds. The van der Waals surface area contributed by atoms with Gasteiger partial charge in [0.05, 0.1) is 24.1 Å². The SMILES string of the molecule is Cn1c(=O)n(CCN2CCN(c3cc(OC[C@@H](O)CO)c(F)cc3F)CC2)c2nc(N)n3nc(-c4ccco4)cc3c21. The molecule has 1 saturated heterocycles. The van der Waals surface area contributed by atoms with Crippen LogP contribution >= 0.6 is 0 Å². The number of hydrogen-bond acceptors (Lipinski definition) is 10. The number of aliphatic hydroxyl groups is 2. The van der Waals surface area contributed by atoms with Crippen molar-refractivity contribution in [3.63, 3.8) is 0 Å². The fourth-order valence-electron chi connectivity index (χ4n) is 5.24. The molecule has 0 saturated carbocycles. The maximum Gasteiger partial charge on any atom is 0.330 e. The second-order valence-electron chi connectivity index (χ2n) is 10.1. The van der Waals surface area contributed by atoms with E-state index >= 15 is 0 Å². The highest BCUT2D eigenvalue weighted by Gasteiger charge is 2.24. The largest absolute Gasteiger partial charge is 0.488 e. The lowest BCUT2D eigenvalue weighted by atomic mass is 10.2. The van der Waals surface area contributed by atoms with Crippen LogP contribution in [0.4, 0.5) is 20.4 Å². The number of ether oxygens (including phenoxy) is 1. The molecular weight excluding hydrogens is 554 g/mol. The van der Waals surface area contributed by atoms with Crippen molar-refractivity contribution in [1.82, 2.24) is 28.6 Å². The first kappa shape index (κ1) is 27.7. The van der Waals surface area contributed by atoms with Gasteiger partial charge >= 0.3 is 5.69 Å². The number of aliphatic hydroxyl groups excluding tert-OH is 2. The Morgan fingerprint density at radius 2 is 1.93 bits per heavy atom. The van der Waals surface area contributed by atoms with E-state index in [9.17, 15) is 18.7 Å². The van der Waals surface area contributed by atoms with Crippen molar-refractivity contribution < 1.29 is 28.1 Å². The van der Waals surface area contributed by atoms with E-state index in [1.54, 1.807) is 34.9 Å². The summed E-state index contributed by atoms with van der Waals surface area (Å²) in [5.41, 5.74) is 8.43. The van der Waals surface area contributed by atoms with Crippen LogP contribution in [0.5, 0.6) is 5.75 Å². The summed E-state index contributed by atoms with van der Waals surface area (Å²) in [6, 6.07) is 7.38. The van der Waals surface area contributed by atoms with Crippen molar-refractivity contribution in [2.75, 3.05) is 56.6 Å². The average Bonchev–Trinajstić information content (AvgIpc) is 3.72. The normalized spacial score (nSPS) is 15.2. The molecule has 4 aromatic heterocycles. The maximum absolute atomic E-state index is 14.7. The van der Waals surface area contributed by atoms with Gasteiger partial charge in [-0.3, -0.25) is 14.0 Å². The minimum absolute atomic E-state index is 0.138. The Balaban J connectivity index is 1.17. The van der Waals surface area contributed by atoms with Crippen molar-refractivity contribution in [2.45, 2.75) is 12.6 Å². The van der Waals surface area contributed by atoms with Crippen LogP contribution in [0.1, 0.15) is 0 Å². The first-order chi connectivity index (χ1) is 20.2. The number of aryl methyl sites for hydroxylation is 1. The van der Waals surface area contributed by atoms with Crippen molar-refractivity contribution >= 4 is 28.3 Å². The average molecular weight is 585 g/mol. The summed E-state index contributed by atoms with van der Waals surface area (Å²) in [5.74, 6) is -1.10. The second kappa shape index (κ2) is 11.1. The number of imidazole rings is 1.